The summed E-state index contributed by atoms with van der Waals surface area (Å²) in [7, 11) is 0. The van der Waals surface area contributed by atoms with Crippen LogP contribution in [-0.4, -0.2) is 26.8 Å². The van der Waals surface area contributed by atoms with E-state index in [1.54, 1.807) is 66.7 Å². The summed E-state index contributed by atoms with van der Waals surface area (Å²) >= 11 is 6.14. The fourth-order valence-electron chi connectivity index (χ4n) is 3.58. The number of nitrogens with zero attached hydrogens (tertiary/aromatic N) is 1. The first-order valence-corrected chi connectivity index (χ1v) is 10.7. The van der Waals surface area contributed by atoms with Crippen molar-refractivity contribution in [2.24, 2.45) is 0 Å². The lowest BCUT2D eigenvalue weighted by Gasteiger charge is -2.17. The number of H-pyrrole nitrogens is 1. The van der Waals surface area contributed by atoms with Crippen LogP contribution in [0.4, 0.5) is 4.39 Å². The number of halogens is 2. The Kier molecular flexibility index (Phi) is 6.60. The molecule has 0 saturated heterocycles. The Labute approximate surface area is 198 Å². The van der Waals surface area contributed by atoms with Gasteiger partial charge in [0.05, 0.1) is 23.2 Å². The van der Waals surface area contributed by atoms with Gasteiger partial charge in [-0.1, -0.05) is 66.2 Å². The van der Waals surface area contributed by atoms with E-state index in [-0.39, 0.29) is 17.9 Å². The van der Waals surface area contributed by atoms with Crippen molar-refractivity contribution in [3.8, 4) is 16.8 Å². The molecule has 0 bridgehead atoms. The van der Waals surface area contributed by atoms with Crippen molar-refractivity contribution in [2.75, 3.05) is 0 Å². The van der Waals surface area contributed by atoms with Crippen LogP contribution in [0, 0.1) is 5.82 Å². The van der Waals surface area contributed by atoms with Crippen molar-refractivity contribution in [3.05, 3.63) is 111 Å². The maximum Gasteiger partial charge on any atom is 0.305 e. The highest BCUT2D eigenvalue weighted by Crippen LogP contribution is 2.26. The highest BCUT2D eigenvalue weighted by atomic mass is 35.5. The summed E-state index contributed by atoms with van der Waals surface area (Å²) in [5, 5.41) is 15.0. The van der Waals surface area contributed by atoms with Gasteiger partial charge in [-0.15, -0.1) is 0 Å². The molecule has 0 spiro atoms. The number of aromatic nitrogens is 2. The van der Waals surface area contributed by atoms with Crippen molar-refractivity contribution in [3.63, 3.8) is 0 Å². The third-order valence-corrected chi connectivity index (χ3v) is 5.56. The number of carbonyl (C=O) groups is 2. The second-order valence-electron chi connectivity index (χ2n) is 7.52. The van der Waals surface area contributed by atoms with Gasteiger partial charge in [-0.2, -0.15) is 0 Å². The van der Waals surface area contributed by atoms with Crippen molar-refractivity contribution >= 4 is 23.5 Å². The summed E-state index contributed by atoms with van der Waals surface area (Å²) in [6, 6.07) is 19.7. The van der Waals surface area contributed by atoms with Crippen molar-refractivity contribution in [2.45, 2.75) is 12.5 Å². The molecule has 34 heavy (non-hydrogen) atoms. The molecule has 1 atom stereocenters. The van der Waals surface area contributed by atoms with Gasteiger partial charge < -0.3 is 10.4 Å². The zero-order valence-electron chi connectivity index (χ0n) is 17.7. The van der Waals surface area contributed by atoms with Gasteiger partial charge >= 0.3 is 5.97 Å². The largest absolute Gasteiger partial charge is 0.481 e. The van der Waals surface area contributed by atoms with Gasteiger partial charge in [0.25, 0.3) is 11.5 Å². The summed E-state index contributed by atoms with van der Waals surface area (Å²) in [6.07, 6.45) is -0.389. The van der Waals surface area contributed by atoms with Crippen LogP contribution in [0.5, 0.6) is 0 Å². The fourth-order valence-corrected chi connectivity index (χ4v) is 3.80. The second kappa shape index (κ2) is 9.76. The third kappa shape index (κ3) is 4.92. The first-order valence-electron chi connectivity index (χ1n) is 10.3. The molecule has 0 fully saturated rings. The average molecular weight is 480 g/mol. The summed E-state index contributed by atoms with van der Waals surface area (Å²) in [5.41, 5.74) is 1.36. The van der Waals surface area contributed by atoms with Crippen LogP contribution in [0.15, 0.2) is 83.7 Å². The van der Waals surface area contributed by atoms with Gasteiger partial charge in [0.15, 0.2) is 0 Å². The number of aromatic amines is 1. The first-order chi connectivity index (χ1) is 16.3. The smallest absolute Gasteiger partial charge is 0.305 e. The highest BCUT2D eigenvalue weighted by Gasteiger charge is 2.21. The van der Waals surface area contributed by atoms with Gasteiger partial charge in [-0.25, -0.2) is 9.07 Å². The summed E-state index contributed by atoms with van der Waals surface area (Å²) < 4.78 is 15.2. The Balaban J connectivity index is 1.59. The van der Waals surface area contributed by atoms with Crippen molar-refractivity contribution in [1.29, 1.82) is 0 Å². The lowest BCUT2D eigenvalue weighted by Crippen LogP contribution is -2.30. The number of rotatable bonds is 7. The average Bonchev–Trinajstić information content (AvgIpc) is 3.20. The molecule has 0 aliphatic heterocycles. The van der Waals surface area contributed by atoms with E-state index >= 15 is 0 Å². The van der Waals surface area contributed by atoms with Crippen LogP contribution >= 0.6 is 11.6 Å². The van der Waals surface area contributed by atoms with Gasteiger partial charge in [0.2, 0.25) is 0 Å². The summed E-state index contributed by atoms with van der Waals surface area (Å²) in [5.74, 6) is -2.16. The maximum absolute atomic E-state index is 14.1. The van der Waals surface area contributed by atoms with E-state index < -0.39 is 23.5 Å². The van der Waals surface area contributed by atoms with E-state index in [9.17, 15) is 23.9 Å². The van der Waals surface area contributed by atoms with Crippen LogP contribution in [0.3, 0.4) is 0 Å². The number of nitrogens with one attached hydrogen (secondary N) is 2. The maximum atomic E-state index is 14.1. The number of hydrogen-bond donors (Lipinski definition) is 3. The monoisotopic (exact) mass is 479 g/mol. The van der Waals surface area contributed by atoms with Crippen LogP contribution in [0.25, 0.3) is 16.8 Å². The minimum Gasteiger partial charge on any atom is -0.481 e. The van der Waals surface area contributed by atoms with Gasteiger partial charge in [0.1, 0.15) is 11.5 Å². The quantitative estimate of drug-likeness (QED) is 0.361. The Bertz CT molecular complexity index is 1410. The number of para-hydroxylation sites is 1. The van der Waals surface area contributed by atoms with E-state index in [1.165, 1.54) is 6.07 Å². The molecule has 3 N–H and O–H groups in total. The van der Waals surface area contributed by atoms with Crippen LogP contribution in [-0.2, 0) is 4.79 Å². The Morgan fingerprint density at radius 2 is 1.71 bits per heavy atom. The molecule has 3 aromatic carbocycles. The van der Waals surface area contributed by atoms with Gasteiger partial charge in [0, 0.05) is 11.6 Å². The standard InChI is InChI=1S/C25H19ClFN3O4/c26-18-6-2-4-8-22(18)30-23(31)13-21(29-30)25(34)28-20(14-24(32)33)16-11-9-15(10-12-16)17-5-1-3-7-19(17)27/h1-13,20,29H,14H2,(H,28,34)(H,32,33). The lowest BCUT2D eigenvalue weighted by atomic mass is 9.98. The molecule has 1 heterocycles. The van der Waals surface area contributed by atoms with Crippen molar-refractivity contribution in [1.82, 2.24) is 15.1 Å². The Hall–Kier alpha value is -4.17. The molecule has 172 valence electrons. The Morgan fingerprint density at radius 3 is 2.38 bits per heavy atom. The molecule has 4 aromatic rings. The lowest BCUT2D eigenvalue weighted by molar-refractivity contribution is -0.137. The number of hydrogen-bond acceptors (Lipinski definition) is 3. The summed E-state index contributed by atoms with van der Waals surface area (Å²) in [6.45, 7) is 0. The van der Waals surface area contributed by atoms with E-state index in [0.717, 1.165) is 10.7 Å². The first kappa shape index (κ1) is 23.0. The molecule has 1 unspecified atom stereocenters. The minimum absolute atomic E-state index is 0.0525. The second-order valence-corrected chi connectivity index (χ2v) is 7.93. The topological polar surface area (TPSA) is 104 Å². The molecule has 0 aliphatic carbocycles. The predicted octanol–water partition coefficient (Wildman–Crippen LogP) is 4.57. The fraction of sp³-hybridized carbons (Fsp3) is 0.0800. The predicted molar refractivity (Wildman–Crippen MR) is 126 cm³/mol. The number of benzene rings is 3. The van der Waals surface area contributed by atoms with Gasteiger partial charge in [-0.3, -0.25) is 19.5 Å². The molecule has 0 saturated carbocycles. The molecule has 1 aromatic heterocycles. The van der Waals surface area contributed by atoms with Crippen LogP contribution in [0.2, 0.25) is 5.02 Å². The molecule has 4 rings (SSSR count). The molecule has 9 heteroatoms. The minimum atomic E-state index is -1.12. The SMILES string of the molecule is O=C(O)CC(NC(=O)c1cc(=O)n(-c2ccccc2Cl)[nH]1)c1ccc(-c2ccccc2F)cc1. The number of amides is 1. The molecule has 0 radical (unpaired) electrons. The Morgan fingerprint density at radius 1 is 1.03 bits per heavy atom. The van der Waals surface area contributed by atoms with Crippen LogP contribution in [0.1, 0.15) is 28.5 Å². The number of aliphatic carboxylic acids is 1. The van der Waals surface area contributed by atoms with E-state index in [1.807, 2.05) is 0 Å². The normalized spacial score (nSPS) is 11.7. The molecular weight excluding hydrogens is 461 g/mol. The molecule has 1 amide bonds. The van der Waals surface area contributed by atoms with E-state index in [0.29, 0.717) is 27.4 Å². The highest BCUT2D eigenvalue weighted by molar-refractivity contribution is 6.32. The zero-order valence-corrected chi connectivity index (χ0v) is 18.4. The number of carboxylic acids is 1. The van der Waals surface area contributed by atoms with E-state index in [4.69, 9.17) is 11.6 Å². The van der Waals surface area contributed by atoms with Crippen LogP contribution < -0.4 is 10.9 Å². The number of carbonyl (C=O) groups excluding carboxylic acids is 1. The molecule has 7 nitrogen and oxygen atoms in total. The molecule has 0 aliphatic rings. The molecular formula is C25H19ClFN3O4. The zero-order chi connectivity index (χ0) is 24.2. The summed E-state index contributed by atoms with van der Waals surface area (Å²) in [4.78, 5) is 36.7. The third-order valence-electron chi connectivity index (χ3n) is 5.24. The van der Waals surface area contributed by atoms with E-state index in [2.05, 4.69) is 10.4 Å². The number of carboxylic acid groups (broad SMARTS) is 1. The van der Waals surface area contributed by atoms with Gasteiger partial charge in [-0.05, 0) is 29.3 Å². The van der Waals surface area contributed by atoms with Crippen molar-refractivity contribution < 1.29 is 19.1 Å².